The fourth-order valence-electron chi connectivity index (χ4n) is 4.33. The summed E-state index contributed by atoms with van der Waals surface area (Å²) in [5.41, 5.74) is 6.27. The molecule has 162 valence electrons. The Morgan fingerprint density at radius 2 is 1.75 bits per heavy atom. The molecule has 1 fully saturated rings. The fourth-order valence-corrected chi connectivity index (χ4v) is 4.33. The quantitative estimate of drug-likeness (QED) is 0.507. The highest BCUT2D eigenvalue weighted by Crippen LogP contribution is 2.31. The molecule has 2 N–H and O–H groups in total. The van der Waals surface area contributed by atoms with Gasteiger partial charge in [0.05, 0.1) is 5.69 Å². The van der Waals surface area contributed by atoms with Crippen molar-refractivity contribution in [3.8, 4) is 11.3 Å². The first kappa shape index (κ1) is 20.1. The summed E-state index contributed by atoms with van der Waals surface area (Å²) in [6.45, 7) is 6.93. The van der Waals surface area contributed by atoms with Crippen molar-refractivity contribution in [3.63, 3.8) is 0 Å². The highest BCUT2D eigenvalue weighted by molar-refractivity contribution is 5.96. The predicted molar refractivity (Wildman–Crippen MR) is 128 cm³/mol. The van der Waals surface area contributed by atoms with Crippen LogP contribution in [0, 0.1) is 6.92 Å². The molecular weight excluding hydrogens is 400 g/mol. The van der Waals surface area contributed by atoms with Crippen molar-refractivity contribution < 1.29 is 4.79 Å². The van der Waals surface area contributed by atoms with E-state index in [1.165, 1.54) is 0 Å². The van der Waals surface area contributed by atoms with Crippen LogP contribution >= 0.6 is 0 Å². The molecule has 1 aliphatic rings. The topological polar surface area (TPSA) is 77.2 Å². The normalized spacial score (nSPS) is 14.1. The molecule has 1 saturated heterocycles. The Kier molecular flexibility index (Phi) is 5.23. The number of carbonyl (C=O) groups is 1. The zero-order chi connectivity index (χ0) is 22.1. The van der Waals surface area contributed by atoms with Gasteiger partial charge in [-0.05, 0) is 43.3 Å². The number of aryl methyl sites for hydroxylation is 1. The highest BCUT2D eigenvalue weighted by atomic mass is 16.2. The maximum atomic E-state index is 11.5. The Morgan fingerprint density at radius 3 is 2.50 bits per heavy atom. The summed E-state index contributed by atoms with van der Waals surface area (Å²) in [7, 11) is 0. The van der Waals surface area contributed by atoms with Gasteiger partial charge < -0.3 is 20.1 Å². The van der Waals surface area contributed by atoms with E-state index >= 15 is 0 Å². The number of aromatic amines is 1. The largest absolute Gasteiger partial charge is 0.368 e. The van der Waals surface area contributed by atoms with E-state index in [4.69, 9.17) is 4.98 Å². The molecule has 32 heavy (non-hydrogen) atoms. The Hall–Kier alpha value is -3.87. The van der Waals surface area contributed by atoms with Crippen LogP contribution in [0.15, 0.2) is 60.8 Å². The molecular formula is C25H26N6O. The van der Waals surface area contributed by atoms with Gasteiger partial charge in [-0.2, -0.15) is 0 Å². The van der Waals surface area contributed by atoms with Crippen molar-refractivity contribution >= 4 is 34.1 Å². The third-order valence-corrected chi connectivity index (χ3v) is 6.02. The van der Waals surface area contributed by atoms with Crippen molar-refractivity contribution in [1.82, 2.24) is 19.9 Å². The van der Waals surface area contributed by atoms with Crippen LogP contribution in [0.3, 0.4) is 0 Å². The number of carbonyl (C=O) groups excluding carboxylic acids is 1. The number of amides is 1. The first-order chi connectivity index (χ1) is 15.6. The molecule has 3 heterocycles. The van der Waals surface area contributed by atoms with E-state index in [9.17, 15) is 4.79 Å². The van der Waals surface area contributed by atoms with Gasteiger partial charge in [0.2, 0.25) is 11.9 Å². The first-order valence-corrected chi connectivity index (χ1v) is 10.9. The molecule has 7 nitrogen and oxygen atoms in total. The average Bonchev–Trinajstić information content (AvgIpc) is 3.15. The SMILES string of the molecule is CC(=O)N1CCN(c2ccc(Nc3nccc(-c4c(C)[nH]c5ccccc45)n3)cc2)CC1. The minimum Gasteiger partial charge on any atom is -0.368 e. The molecule has 0 bridgehead atoms. The van der Waals surface area contributed by atoms with E-state index in [0.29, 0.717) is 5.95 Å². The molecule has 7 heteroatoms. The number of nitrogens with one attached hydrogen (secondary N) is 2. The maximum absolute atomic E-state index is 11.5. The second kappa shape index (κ2) is 8.34. The van der Waals surface area contributed by atoms with E-state index in [0.717, 1.165) is 65.4 Å². The van der Waals surface area contributed by atoms with Crippen LogP contribution in [0.2, 0.25) is 0 Å². The number of anilines is 3. The summed E-state index contributed by atoms with van der Waals surface area (Å²) in [6.07, 6.45) is 1.79. The molecule has 0 unspecified atom stereocenters. The molecule has 0 radical (unpaired) electrons. The number of hydrogen-bond acceptors (Lipinski definition) is 5. The van der Waals surface area contributed by atoms with Crippen LogP contribution in [0.25, 0.3) is 22.2 Å². The number of benzene rings is 2. The predicted octanol–water partition coefficient (Wildman–Crippen LogP) is 4.35. The van der Waals surface area contributed by atoms with Crippen LogP contribution in [-0.2, 0) is 4.79 Å². The monoisotopic (exact) mass is 426 g/mol. The summed E-state index contributed by atoms with van der Waals surface area (Å²) in [4.78, 5) is 28.3. The van der Waals surface area contributed by atoms with Crippen molar-refractivity contribution in [2.24, 2.45) is 0 Å². The molecule has 0 atom stereocenters. The number of aromatic nitrogens is 3. The molecule has 4 aromatic rings. The second-order valence-corrected chi connectivity index (χ2v) is 8.10. The van der Waals surface area contributed by atoms with Crippen LogP contribution in [0.1, 0.15) is 12.6 Å². The lowest BCUT2D eigenvalue weighted by molar-refractivity contribution is -0.129. The number of nitrogens with zero attached hydrogens (tertiary/aromatic N) is 4. The minimum atomic E-state index is 0.147. The maximum Gasteiger partial charge on any atom is 0.227 e. The number of piperazine rings is 1. The zero-order valence-corrected chi connectivity index (χ0v) is 18.3. The van der Waals surface area contributed by atoms with Gasteiger partial charge in [-0.15, -0.1) is 0 Å². The second-order valence-electron chi connectivity index (χ2n) is 8.10. The number of H-pyrrole nitrogens is 1. The van der Waals surface area contributed by atoms with Gasteiger partial charge in [0.1, 0.15) is 0 Å². The standard InChI is InChI=1S/C25H26N6O/c1-17-24(21-5-3-4-6-22(21)27-17)23-11-12-26-25(29-23)28-19-7-9-20(10-8-19)31-15-13-30(14-16-31)18(2)32/h3-12,27H,13-16H2,1-2H3,(H,26,28,29). The summed E-state index contributed by atoms with van der Waals surface area (Å²) >= 11 is 0. The van der Waals surface area contributed by atoms with Crippen LogP contribution in [0.5, 0.6) is 0 Å². The third kappa shape index (κ3) is 3.89. The van der Waals surface area contributed by atoms with Gasteiger partial charge >= 0.3 is 0 Å². The molecule has 2 aromatic carbocycles. The number of fused-ring (bicyclic) bond motifs is 1. The van der Waals surface area contributed by atoms with Gasteiger partial charge in [0, 0.05) is 72.8 Å². The van der Waals surface area contributed by atoms with E-state index in [1.807, 2.05) is 35.2 Å². The molecule has 0 saturated carbocycles. The average molecular weight is 427 g/mol. The van der Waals surface area contributed by atoms with Gasteiger partial charge in [0.15, 0.2) is 0 Å². The van der Waals surface area contributed by atoms with Gasteiger partial charge in [-0.3, -0.25) is 4.79 Å². The van der Waals surface area contributed by atoms with E-state index in [1.54, 1.807) is 13.1 Å². The van der Waals surface area contributed by atoms with Crippen molar-refractivity contribution in [1.29, 1.82) is 0 Å². The Labute approximate surface area is 187 Å². The molecule has 1 amide bonds. The Morgan fingerprint density at radius 1 is 1.00 bits per heavy atom. The fraction of sp³-hybridized carbons (Fsp3) is 0.240. The molecule has 2 aromatic heterocycles. The molecule has 0 aliphatic carbocycles. The number of rotatable bonds is 4. The lowest BCUT2D eigenvalue weighted by Gasteiger charge is -2.35. The van der Waals surface area contributed by atoms with Gasteiger partial charge in [0.25, 0.3) is 0 Å². The summed E-state index contributed by atoms with van der Waals surface area (Å²) < 4.78 is 0. The lowest BCUT2D eigenvalue weighted by atomic mass is 10.1. The summed E-state index contributed by atoms with van der Waals surface area (Å²) in [5, 5.41) is 4.48. The van der Waals surface area contributed by atoms with Crippen LogP contribution in [-0.4, -0.2) is 51.9 Å². The van der Waals surface area contributed by atoms with Crippen LogP contribution in [0.4, 0.5) is 17.3 Å². The lowest BCUT2D eigenvalue weighted by Crippen LogP contribution is -2.48. The minimum absolute atomic E-state index is 0.147. The summed E-state index contributed by atoms with van der Waals surface area (Å²) in [5.74, 6) is 0.712. The number of para-hydroxylation sites is 1. The van der Waals surface area contributed by atoms with Crippen molar-refractivity contribution in [2.75, 3.05) is 36.4 Å². The molecule has 5 rings (SSSR count). The van der Waals surface area contributed by atoms with E-state index in [-0.39, 0.29) is 5.91 Å². The molecule has 1 aliphatic heterocycles. The summed E-state index contributed by atoms with van der Waals surface area (Å²) in [6, 6.07) is 18.5. The Balaban J connectivity index is 1.32. The van der Waals surface area contributed by atoms with Gasteiger partial charge in [-0.25, -0.2) is 9.97 Å². The first-order valence-electron chi connectivity index (χ1n) is 10.9. The third-order valence-electron chi connectivity index (χ3n) is 6.02. The smallest absolute Gasteiger partial charge is 0.227 e. The van der Waals surface area contributed by atoms with Crippen molar-refractivity contribution in [3.05, 3.63) is 66.5 Å². The van der Waals surface area contributed by atoms with E-state index < -0.39 is 0 Å². The van der Waals surface area contributed by atoms with Crippen LogP contribution < -0.4 is 10.2 Å². The Bertz CT molecular complexity index is 1260. The highest BCUT2D eigenvalue weighted by Gasteiger charge is 2.18. The van der Waals surface area contributed by atoms with Crippen molar-refractivity contribution in [2.45, 2.75) is 13.8 Å². The number of hydrogen-bond donors (Lipinski definition) is 2. The molecule has 0 spiro atoms. The zero-order valence-electron chi connectivity index (χ0n) is 18.3. The van der Waals surface area contributed by atoms with Gasteiger partial charge in [-0.1, -0.05) is 18.2 Å². The van der Waals surface area contributed by atoms with E-state index in [2.05, 4.69) is 51.4 Å².